The summed E-state index contributed by atoms with van der Waals surface area (Å²) < 4.78 is 5.67. The number of rotatable bonds is 2. The van der Waals surface area contributed by atoms with Gasteiger partial charge in [0.2, 0.25) is 0 Å². The number of aromatic nitrogens is 1. The van der Waals surface area contributed by atoms with E-state index in [-0.39, 0.29) is 5.75 Å². The largest absolute Gasteiger partial charge is 0.508 e. The Morgan fingerprint density at radius 3 is 2.75 bits per heavy atom. The van der Waals surface area contributed by atoms with E-state index in [4.69, 9.17) is 4.74 Å². The van der Waals surface area contributed by atoms with Gasteiger partial charge in [-0.1, -0.05) is 6.07 Å². The Morgan fingerprint density at radius 1 is 1.19 bits per heavy atom. The minimum Gasteiger partial charge on any atom is -0.508 e. The number of hydrogen-bond acceptors (Lipinski definition) is 3. The highest BCUT2D eigenvalue weighted by Crippen LogP contribution is 2.30. The van der Waals surface area contributed by atoms with Gasteiger partial charge in [0.05, 0.1) is 0 Å². The number of pyridine rings is 1. The fourth-order valence-electron chi connectivity index (χ4n) is 1.42. The number of ether oxygens (including phenoxy) is 1. The summed E-state index contributed by atoms with van der Waals surface area (Å²) in [5, 5.41) is 9.54. The van der Waals surface area contributed by atoms with Gasteiger partial charge in [0.1, 0.15) is 17.2 Å². The molecule has 0 saturated heterocycles. The second-order valence-electron chi connectivity index (χ2n) is 3.64. The summed E-state index contributed by atoms with van der Waals surface area (Å²) in [6, 6.07) is 8.86. The molecule has 2 aromatic rings. The maximum Gasteiger partial charge on any atom is 0.134 e. The maximum absolute atomic E-state index is 9.54. The van der Waals surface area contributed by atoms with Gasteiger partial charge in [-0.2, -0.15) is 0 Å². The molecule has 0 aliphatic carbocycles. The third-order valence-corrected chi connectivity index (χ3v) is 2.35. The van der Waals surface area contributed by atoms with Crippen molar-refractivity contribution in [2.75, 3.05) is 0 Å². The van der Waals surface area contributed by atoms with Crippen molar-refractivity contribution in [1.82, 2.24) is 4.98 Å². The molecular weight excluding hydrogens is 202 g/mol. The topological polar surface area (TPSA) is 42.4 Å². The lowest BCUT2D eigenvalue weighted by Gasteiger charge is -2.09. The van der Waals surface area contributed by atoms with Crippen LogP contribution in [0.3, 0.4) is 0 Å². The van der Waals surface area contributed by atoms with Crippen LogP contribution < -0.4 is 4.74 Å². The highest BCUT2D eigenvalue weighted by atomic mass is 16.5. The number of phenolic OH excluding ortho intramolecular Hbond substituents is 1. The van der Waals surface area contributed by atoms with Gasteiger partial charge in [-0.3, -0.25) is 4.98 Å². The van der Waals surface area contributed by atoms with Crippen LogP contribution in [0.15, 0.2) is 36.5 Å². The lowest BCUT2D eigenvalue weighted by atomic mass is 10.2. The van der Waals surface area contributed by atoms with Gasteiger partial charge in [0.15, 0.2) is 0 Å². The minimum absolute atomic E-state index is 0.239. The molecule has 0 bridgehead atoms. The minimum atomic E-state index is 0.239. The van der Waals surface area contributed by atoms with E-state index in [1.165, 1.54) is 0 Å². The fraction of sp³-hybridized carbons (Fsp3) is 0.154. The van der Waals surface area contributed by atoms with Crippen LogP contribution in [0, 0.1) is 13.8 Å². The van der Waals surface area contributed by atoms with Crippen molar-refractivity contribution in [3.63, 3.8) is 0 Å². The van der Waals surface area contributed by atoms with E-state index >= 15 is 0 Å². The summed E-state index contributed by atoms with van der Waals surface area (Å²) in [5.74, 6) is 1.62. The van der Waals surface area contributed by atoms with Crippen LogP contribution >= 0.6 is 0 Å². The van der Waals surface area contributed by atoms with Gasteiger partial charge in [-0.05, 0) is 32.0 Å². The Labute approximate surface area is 94.3 Å². The molecular formula is C13H13NO2. The zero-order valence-corrected chi connectivity index (χ0v) is 9.27. The number of phenols is 1. The number of hydrogen-bond donors (Lipinski definition) is 1. The van der Waals surface area contributed by atoms with Gasteiger partial charge in [-0.15, -0.1) is 0 Å². The molecule has 3 heteroatoms. The summed E-state index contributed by atoms with van der Waals surface area (Å²) in [7, 11) is 0. The second kappa shape index (κ2) is 4.23. The Balaban J connectivity index is 2.31. The molecule has 0 radical (unpaired) electrons. The smallest absolute Gasteiger partial charge is 0.134 e. The highest BCUT2D eigenvalue weighted by Gasteiger charge is 2.04. The third kappa shape index (κ3) is 2.14. The van der Waals surface area contributed by atoms with Crippen LogP contribution in [0.5, 0.6) is 17.2 Å². The normalized spacial score (nSPS) is 10.1. The molecule has 1 aromatic heterocycles. The van der Waals surface area contributed by atoms with Gasteiger partial charge in [0.25, 0.3) is 0 Å². The van der Waals surface area contributed by atoms with Crippen LogP contribution in [0.25, 0.3) is 0 Å². The first-order chi connectivity index (χ1) is 7.66. The summed E-state index contributed by atoms with van der Waals surface area (Å²) >= 11 is 0. The Morgan fingerprint density at radius 2 is 2.00 bits per heavy atom. The second-order valence-corrected chi connectivity index (χ2v) is 3.64. The molecule has 0 fully saturated rings. The Kier molecular flexibility index (Phi) is 2.77. The third-order valence-electron chi connectivity index (χ3n) is 2.35. The van der Waals surface area contributed by atoms with Crippen molar-refractivity contribution in [2.45, 2.75) is 13.8 Å². The summed E-state index contributed by atoms with van der Waals surface area (Å²) in [5.41, 5.74) is 1.63. The summed E-state index contributed by atoms with van der Waals surface area (Å²) in [6.45, 7) is 3.72. The van der Waals surface area contributed by atoms with Crippen LogP contribution in [-0.4, -0.2) is 10.1 Å². The SMILES string of the molecule is Cc1cc(Oc2cccc(O)c2C)ccn1. The molecule has 0 spiro atoms. The molecule has 0 atom stereocenters. The molecule has 1 N–H and O–H groups in total. The lowest BCUT2D eigenvalue weighted by molar-refractivity contribution is 0.448. The molecule has 2 rings (SSSR count). The first kappa shape index (κ1) is 10.5. The van der Waals surface area contributed by atoms with E-state index < -0.39 is 0 Å². The molecule has 82 valence electrons. The van der Waals surface area contributed by atoms with Crippen LogP contribution in [0.2, 0.25) is 0 Å². The van der Waals surface area contributed by atoms with Gasteiger partial charge in [-0.25, -0.2) is 0 Å². The van der Waals surface area contributed by atoms with E-state index in [9.17, 15) is 5.11 Å². The van der Waals surface area contributed by atoms with E-state index in [2.05, 4.69) is 4.98 Å². The highest BCUT2D eigenvalue weighted by molar-refractivity contribution is 5.44. The number of benzene rings is 1. The van der Waals surface area contributed by atoms with Crippen molar-refractivity contribution in [3.8, 4) is 17.2 Å². The Hall–Kier alpha value is -2.03. The van der Waals surface area contributed by atoms with E-state index in [0.29, 0.717) is 5.75 Å². The quantitative estimate of drug-likeness (QED) is 0.836. The maximum atomic E-state index is 9.54. The predicted molar refractivity (Wildman–Crippen MR) is 61.9 cm³/mol. The van der Waals surface area contributed by atoms with Crippen LogP contribution in [-0.2, 0) is 0 Å². The average molecular weight is 215 g/mol. The number of aromatic hydroxyl groups is 1. The first-order valence-corrected chi connectivity index (χ1v) is 5.06. The van der Waals surface area contributed by atoms with Crippen LogP contribution in [0.1, 0.15) is 11.3 Å². The molecule has 1 heterocycles. The van der Waals surface area contributed by atoms with Crippen LogP contribution in [0.4, 0.5) is 0 Å². The predicted octanol–water partition coefficient (Wildman–Crippen LogP) is 3.20. The average Bonchev–Trinajstić information content (AvgIpc) is 2.25. The molecule has 3 nitrogen and oxygen atoms in total. The molecule has 0 aliphatic heterocycles. The monoisotopic (exact) mass is 215 g/mol. The van der Waals surface area contributed by atoms with Crippen molar-refractivity contribution in [1.29, 1.82) is 0 Å². The fourth-order valence-corrected chi connectivity index (χ4v) is 1.42. The van der Waals surface area contributed by atoms with Crippen molar-refractivity contribution >= 4 is 0 Å². The van der Waals surface area contributed by atoms with E-state index in [1.807, 2.05) is 26.0 Å². The molecule has 1 aromatic carbocycles. The zero-order chi connectivity index (χ0) is 11.5. The standard InChI is InChI=1S/C13H13NO2/c1-9-8-11(6-7-14-9)16-13-5-3-4-12(15)10(13)2/h3-8,15H,1-2H3. The lowest BCUT2D eigenvalue weighted by Crippen LogP contribution is -1.89. The van der Waals surface area contributed by atoms with E-state index in [0.717, 1.165) is 17.0 Å². The Bertz CT molecular complexity index is 509. The molecule has 16 heavy (non-hydrogen) atoms. The molecule has 0 amide bonds. The molecule has 0 aliphatic rings. The van der Waals surface area contributed by atoms with Crippen molar-refractivity contribution < 1.29 is 9.84 Å². The summed E-state index contributed by atoms with van der Waals surface area (Å²) in [4.78, 5) is 4.09. The van der Waals surface area contributed by atoms with Gasteiger partial charge in [0, 0.05) is 23.5 Å². The number of aryl methyl sites for hydroxylation is 1. The van der Waals surface area contributed by atoms with E-state index in [1.54, 1.807) is 24.4 Å². The van der Waals surface area contributed by atoms with Crippen molar-refractivity contribution in [3.05, 3.63) is 47.8 Å². The summed E-state index contributed by atoms with van der Waals surface area (Å²) in [6.07, 6.45) is 1.70. The molecule has 0 unspecified atom stereocenters. The van der Waals surface area contributed by atoms with Gasteiger partial charge >= 0.3 is 0 Å². The molecule has 0 saturated carbocycles. The van der Waals surface area contributed by atoms with Gasteiger partial charge < -0.3 is 9.84 Å². The first-order valence-electron chi connectivity index (χ1n) is 5.06. The number of nitrogens with zero attached hydrogens (tertiary/aromatic N) is 1. The van der Waals surface area contributed by atoms with Crippen molar-refractivity contribution in [2.24, 2.45) is 0 Å². The zero-order valence-electron chi connectivity index (χ0n) is 9.27.